The van der Waals surface area contributed by atoms with Crippen LogP contribution in [0.4, 0.5) is 0 Å². The third kappa shape index (κ3) is 4.24. The zero-order chi connectivity index (χ0) is 14.4. The van der Waals surface area contributed by atoms with Crippen LogP contribution in [0.5, 0.6) is 0 Å². The molecule has 0 aromatic heterocycles. The van der Waals surface area contributed by atoms with Gasteiger partial charge in [-0.3, -0.25) is 0 Å². The van der Waals surface area contributed by atoms with Crippen molar-refractivity contribution in [2.24, 2.45) is 0 Å². The second-order valence-corrected chi connectivity index (χ2v) is 5.71. The summed E-state index contributed by atoms with van der Waals surface area (Å²) < 4.78 is 0. The average Bonchev–Trinajstić information content (AvgIpc) is 2.46. The van der Waals surface area contributed by atoms with Gasteiger partial charge in [0.25, 0.3) is 0 Å². The van der Waals surface area contributed by atoms with Crippen LogP contribution in [-0.2, 0) is 6.54 Å². The largest absolute Gasteiger partial charge is 0.306 e. The van der Waals surface area contributed by atoms with E-state index in [-0.39, 0.29) is 0 Å². The maximum absolute atomic E-state index is 6.19. The second kappa shape index (κ2) is 7.68. The summed E-state index contributed by atoms with van der Waals surface area (Å²) in [5.74, 6) is 0. The number of hydrogen-bond acceptors (Lipinski definition) is 1. The van der Waals surface area contributed by atoms with Crippen molar-refractivity contribution in [2.75, 3.05) is 0 Å². The molecule has 0 aliphatic carbocycles. The molecule has 0 saturated carbocycles. The Hall–Kier alpha value is -1.02. The Morgan fingerprint density at radius 1 is 1.00 bits per heavy atom. The summed E-state index contributed by atoms with van der Waals surface area (Å²) in [6.07, 6.45) is 2.22. The van der Waals surface area contributed by atoms with Gasteiger partial charge in [-0.1, -0.05) is 66.9 Å². The van der Waals surface area contributed by atoms with Crippen molar-refractivity contribution in [3.05, 3.63) is 69.7 Å². The molecule has 106 valence electrons. The van der Waals surface area contributed by atoms with Gasteiger partial charge in [0, 0.05) is 22.6 Å². The molecular weight excluding hydrogens is 289 g/mol. The van der Waals surface area contributed by atoms with Crippen LogP contribution in [-0.4, -0.2) is 0 Å². The van der Waals surface area contributed by atoms with Gasteiger partial charge in [-0.05, 0) is 35.7 Å². The molecule has 2 aromatic carbocycles. The highest BCUT2D eigenvalue weighted by Gasteiger charge is 2.10. The molecule has 1 nitrogen and oxygen atoms in total. The van der Waals surface area contributed by atoms with Crippen molar-refractivity contribution in [1.82, 2.24) is 5.32 Å². The third-order valence-electron chi connectivity index (χ3n) is 3.35. The topological polar surface area (TPSA) is 12.0 Å². The molecule has 0 radical (unpaired) electrons. The molecule has 1 unspecified atom stereocenters. The zero-order valence-electron chi connectivity index (χ0n) is 11.6. The van der Waals surface area contributed by atoms with Gasteiger partial charge in [-0.15, -0.1) is 0 Å². The zero-order valence-corrected chi connectivity index (χ0v) is 13.1. The maximum atomic E-state index is 6.19. The fourth-order valence-electron chi connectivity index (χ4n) is 2.25. The van der Waals surface area contributed by atoms with Crippen LogP contribution >= 0.6 is 23.2 Å². The molecule has 2 aromatic rings. The quantitative estimate of drug-likeness (QED) is 0.730. The van der Waals surface area contributed by atoms with Crippen LogP contribution in [0.2, 0.25) is 10.0 Å². The minimum absolute atomic E-state index is 0.327. The van der Waals surface area contributed by atoms with Gasteiger partial charge in [0.15, 0.2) is 0 Å². The van der Waals surface area contributed by atoms with E-state index in [2.05, 4.69) is 30.4 Å². The third-order valence-corrected chi connectivity index (χ3v) is 3.97. The minimum Gasteiger partial charge on any atom is -0.306 e. The van der Waals surface area contributed by atoms with Gasteiger partial charge in [0.1, 0.15) is 0 Å². The van der Waals surface area contributed by atoms with Gasteiger partial charge < -0.3 is 5.32 Å². The Morgan fingerprint density at radius 3 is 2.35 bits per heavy atom. The highest BCUT2D eigenvalue weighted by molar-refractivity contribution is 6.31. The Balaban J connectivity index is 2.06. The van der Waals surface area contributed by atoms with Crippen molar-refractivity contribution in [3.8, 4) is 0 Å². The molecule has 0 fully saturated rings. The molecule has 3 heteroatoms. The predicted octanol–water partition coefficient (Wildman–Crippen LogP) is 5.62. The summed E-state index contributed by atoms with van der Waals surface area (Å²) in [5.41, 5.74) is 2.40. The van der Waals surface area contributed by atoms with Gasteiger partial charge in [-0.25, -0.2) is 0 Å². The number of benzene rings is 2. The number of halogens is 2. The molecular formula is C17H19Cl2N. The molecule has 0 aliphatic heterocycles. The average molecular weight is 308 g/mol. The summed E-state index contributed by atoms with van der Waals surface area (Å²) in [4.78, 5) is 0. The second-order valence-electron chi connectivity index (χ2n) is 4.87. The monoisotopic (exact) mass is 307 g/mol. The number of hydrogen-bond donors (Lipinski definition) is 1. The standard InChI is InChI=1S/C17H19Cl2N/c1-2-5-17(13-8-10-15(18)11-9-13)20-12-14-6-3-4-7-16(14)19/h3-4,6-11,17,20H,2,5,12H2,1H3. The lowest BCUT2D eigenvalue weighted by molar-refractivity contribution is 0.493. The highest BCUT2D eigenvalue weighted by Crippen LogP contribution is 2.22. The van der Waals surface area contributed by atoms with E-state index in [1.54, 1.807) is 0 Å². The molecule has 0 aliphatic rings. The summed E-state index contributed by atoms with van der Waals surface area (Å²) in [7, 11) is 0. The SMILES string of the molecule is CCCC(NCc1ccccc1Cl)c1ccc(Cl)cc1. The molecule has 1 atom stereocenters. The van der Waals surface area contributed by atoms with Gasteiger partial charge in [0.2, 0.25) is 0 Å². The van der Waals surface area contributed by atoms with E-state index in [1.165, 1.54) is 5.56 Å². The molecule has 20 heavy (non-hydrogen) atoms. The summed E-state index contributed by atoms with van der Waals surface area (Å²) in [5, 5.41) is 5.17. The van der Waals surface area contributed by atoms with Crippen molar-refractivity contribution in [3.63, 3.8) is 0 Å². The van der Waals surface area contributed by atoms with Crippen molar-refractivity contribution in [1.29, 1.82) is 0 Å². The Morgan fingerprint density at radius 2 is 1.70 bits per heavy atom. The fourth-order valence-corrected chi connectivity index (χ4v) is 2.57. The van der Waals surface area contributed by atoms with Crippen LogP contribution in [0.25, 0.3) is 0 Å². The van der Waals surface area contributed by atoms with Crippen molar-refractivity contribution in [2.45, 2.75) is 32.4 Å². The van der Waals surface area contributed by atoms with Gasteiger partial charge >= 0.3 is 0 Å². The lowest BCUT2D eigenvalue weighted by Crippen LogP contribution is -2.21. The van der Waals surface area contributed by atoms with Crippen LogP contribution in [0.1, 0.15) is 36.9 Å². The normalized spacial score (nSPS) is 12.3. The summed E-state index contributed by atoms with van der Waals surface area (Å²) >= 11 is 12.1. The molecule has 0 bridgehead atoms. The van der Waals surface area contributed by atoms with Gasteiger partial charge in [0.05, 0.1) is 0 Å². The van der Waals surface area contributed by atoms with Crippen molar-refractivity contribution < 1.29 is 0 Å². The first kappa shape index (κ1) is 15.4. The first-order valence-electron chi connectivity index (χ1n) is 6.93. The van der Waals surface area contributed by atoms with E-state index < -0.39 is 0 Å². The summed E-state index contributed by atoms with van der Waals surface area (Å²) in [6, 6.07) is 16.3. The van der Waals surface area contributed by atoms with E-state index in [9.17, 15) is 0 Å². The first-order valence-corrected chi connectivity index (χ1v) is 7.68. The van der Waals surface area contributed by atoms with Crippen LogP contribution < -0.4 is 5.32 Å². The Bertz CT molecular complexity index is 537. The van der Waals surface area contributed by atoms with E-state index in [4.69, 9.17) is 23.2 Å². The van der Waals surface area contributed by atoms with E-state index in [1.807, 2.05) is 30.3 Å². The van der Waals surface area contributed by atoms with Crippen LogP contribution in [0.3, 0.4) is 0 Å². The van der Waals surface area contributed by atoms with Crippen LogP contribution in [0, 0.1) is 0 Å². The smallest absolute Gasteiger partial charge is 0.0450 e. The lowest BCUT2D eigenvalue weighted by Gasteiger charge is -2.19. The molecule has 0 spiro atoms. The molecule has 2 rings (SSSR count). The Kier molecular flexibility index (Phi) is 5.90. The Labute approximate surface area is 130 Å². The number of rotatable bonds is 6. The van der Waals surface area contributed by atoms with E-state index >= 15 is 0 Å². The van der Waals surface area contributed by atoms with E-state index in [0.717, 1.165) is 35.0 Å². The molecule has 0 amide bonds. The van der Waals surface area contributed by atoms with Crippen LogP contribution in [0.15, 0.2) is 48.5 Å². The van der Waals surface area contributed by atoms with Gasteiger partial charge in [-0.2, -0.15) is 0 Å². The lowest BCUT2D eigenvalue weighted by atomic mass is 10.0. The first-order chi connectivity index (χ1) is 9.70. The number of nitrogens with one attached hydrogen (secondary N) is 1. The molecule has 1 N–H and O–H groups in total. The summed E-state index contributed by atoms with van der Waals surface area (Å²) in [6.45, 7) is 2.97. The van der Waals surface area contributed by atoms with Crippen molar-refractivity contribution >= 4 is 23.2 Å². The predicted molar refractivity (Wildman–Crippen MR) is 87.4 cm³/mol. The maximum Gasteiger partial charge on any atom is 0.0450 e. The minimum atomic E-state index is 0.327. The fraction of sp³-hybridized carbons (Fsp3) is 0.294. The highest BCUT2D eigenvalue weighted by atomic mass is 35.5. The van der Waals surface area contributed by atoms with E-state index in [0.29, 0.717) is 6.04 Å². The molecule has 0 saturated heterocycles. The molecule has 0 heterocycles.